The molecule has 4 nitrogen and oxygen atoms in total. The van der Waals surface area contributed by atoms with Gasteiger partial charge in [0.15, 0.2) is 10.6 Å². The molecule has 0 fully saturated rings. The molecule has 0 aliphatic heterocycles. The molecule has 0 saturated heterocycles. The van der Waals surface area contributed by atoms with Crippen LogP contribution in [0.3, 0.4) is 0 Å². The molecular weight excluding hydrogens is 354 g/mol. The first kappa shape index (κ1) is 17.5. The molecule has 0 bridgehead atoms. The number of nitrogens with zero attached hydrogens (tertiary/aromatic N) is 3. The average molecular weight is 375 g/mol. The molecule has 0 spiro atoms. The van der Waals surface area contributed by atoms with Crippen LogP contribution in [-0.4, -0.2) is 9.55 Å². The molecule has 136 valence electrons. The number of thiazole rings is 1. The van der Waals surface area contributed by atoms with Crippen molar-refractivity contribution in [1.82, 2.24) is 9.55 Å². The topological polar surface area (TPSA) is 43.3 Å². The van der Waals surface area contributed by atoms with Crippen molar-refractivity contribution < 1.29 is 4.42 Å². The van der Waals surface area contributed by atoms with Gasteiger partial charge >= 0.3 is 0 Å². The summed E-state index contributed by atoms with van der Waals surface area (Å²) in [5, 5.41) is 2.11. The molecule has 0 amide bonds. The highest BCUT2D eigenvalue weighted by molar-refractivity contribution is 7.07. The lowest BCUT2D eigenvalue weighted by molar-refractivity contribution is 0.568. The first-order valence-electron chi connectivity index (χ1n) is 8.94. The molecule has 3 aromatic heterocycles. The molecule has 4 rings (SSSR count). The Bertz CT molecular complexity index is 1070. The van der Waals surface area contributed by atoms with Gasteiger partial charge in [-0.05, 0) is 61.4 Å². The van der Waals surface area contributed by atoms with Crippen molar-refractivity contribution in [2.24, 2.45) is 4.99 Å². The fourth-order valence-corrected chi connectivity index (χ4v) is 4.09. The quantitative estimate of drug-likeness (QED) is 0.475. The van der Waals surface area contributed by atoms with E-state index in [2.05, 4.69) is 53.0 Å². The van der Waals surface area contributed by atoms with Gasteiger partial charge in [-0.25, -0.2) is 4.99 Å². The van der Waals surface area contributed by atoms with Gasteiger partial charge in [0.2, 0.25) is 0 Å². The van der Waals surface area contributed by atoms with Gasteiger partial charge in [-0.1, -0.05) is 12.1 Å². The van der Waals surface area contributed by atoms with Gasteiger partial charge < -0.3 is 8.98 Å². The molecule has 4 aromatic rings. The van der Waals surface area contributed by atoms with Gasteiger partial charge in [0, 0.05) is 30.2 Å². The number of aryl methyl sites for hydroxylation is 3. The van der Waals surface area contributed by atoms with Crippen LogP contribution in [0.25, 0.3) is 11.5 Å². The number of furan rings is 1. The van der Waals surface area contributed by atoms with E-state index in [4.69, 9.17) is 9.41 Å². The average Bonchev–Trinajstić information content (AvgIpc) is 3.30. The molecule has 0 unspecified atom stereocenters. The Morgan fingerprint density at radius 3 is 2.63 bits per heavy atom. The minimum Gasteiger partial charge on any atom is -0.463 e. The highest BCUT2D eigenvalue weighted by Crippen LogP contribution is 2.22. The van der Waals surface area contributed by atoms with Crippen LogP contribution in [0.1, 0.15) is 16.8 Å². The summed E-state index contributed by atoms with van der Waals surface area (Å²) in [6, 6.07) is 16.3. The number of hydrogen-bond acceptors (Lipinski definition) is 4. The number of aromatic nitrogens is 2. The zero-order valence-corrected chi connectivity index (χ0v) is 16.2. The van der Waals surface area contributed by atoms with E-state index in [0.29, 0.717) is 0 Å². The van der Waals surface area contributed by atoms with Gasteiger partial charge in [0.1, 0.15) is 0 Å². The molecule has 0 aliphatic carbocycles. The summed E-state index contributed by atoms with van der Waals surface area (Å²) in [5.41, 5.74) is 5.53. The predicted molar refractivity (Wildman–Crippen MR) is 109 cm³/mol. The Morgan fingerprint density at radius 2 is 1.93 bits per heavy atom. The SMILES string of the molecule is Cc1cc(C)cc(N=c2scc(-c3ccco3)n2CCc2ccccn2)c1. The van der Waals surface area contributed by atoms with E-state index >= 15 is 0 Å². The summed E-state index contributed by atoms with van der Waals surface area (Å²) >= 11 is 1.63. The third-order valence-electron chi connectivity index (χ3n) is 4.32. The molecule has 0 atom stereocenters. The highest BCUT2D eigenvalue weighted by atomic mass is 32.1. The second-order valence-electron chi connectivity index (χ2n) is 6.56. The molecule has 0 N–H and O–H groups in total. The third-order valence-corrected chi connectivity index (χ3v) is 5.18. The van der Waals surface area contributed by atoms with Crippen molar-refractivity contribution in [3.63, 3.8) is 0 Å². The first-order valence-corrected chi connectivity index (χ1v) is 9.82. The summed E-state index contributed by atoms with van der Waals surface area (Å²) in [7, 11) is 0. The van der Waals surface area contributed by atoms with E-state index in [0.717, 1.165) is 40.6 Å². The number of rotatable bonds is 5. The van der Waals surface area contributed by atoms with Crippen LogP contribution in [-0.2, 0) is 13.0 Å². The predicted octanol–water partition coefficient (Wildman–Crippen LogP) is 5.30. The largest absolute Gasteiger partial charge is 0.463 e. The lowest BCUT2D eigenvalue weighted by atomic mass is 10.1. The van der Waals surface area contributed by atoms with Crippen molar-refractivity contribution in [3.05, 3.63) is 88.0 Å². The fraction of sp³-hybridized carbons (Fsp3) is 0.182. The molecule has 3 heterocycles. The minimum atomic E-state index is 0.792. The van der Waals surface area contributed by atoms with Gasteiger partial charge in [-0.2, -0.15) is 0 Å². The molecule has 1 aromatic carbocycles. The molecule has 0 saturated carbocycles. The zero-order valence-electron chi connectivity index (χ0n) is 15.4. The lowest BCUT2D eigenvalue weighted by Gasteiger charge is -2.07. The van der Waals surface area contributed by atoms with E-state index in [1.54, 1.807) is 17.6 Å². The van der Waals surface area contributed by atoms with Crippen molar-refractivity contribution in [2.45, 2.75) is 26.8 Å². The number of benzene rings is 1. The molecule has 5 heteroatoms. The van der Waals surface area contributed by atoms with Gasteiger partial charge in [-0.3, -0.25) is 4.98 Å². The van der Waals surface area contributed by atoms with Crippen LogP contribution in [0.15, 0.2) is 75.8 Å². The van der Waals surface area contributed by atoms with E-state index < -0.39 is 0 Å². The third kappa shape index (κ3) is 4.09. The van der Waals surface area contributed by atoms with Crippen molar-refractivity contribution in [1.29, 1.82) is 0 Å². The Balaban J connectivity index is 1.76. The smallest absolute Gasteiger partial charge is 0.190 e. The second kappa shape index (κ2) is 7.76. The first-order chi connectivity index (χ1) is 13.2. The molecule has 0 aliphatic rings. The molecule has 27 heavy (non-hydrogen) atoms. The number of pyridine rings is 1. The maximum atomic E-state index is 5.64. The van der Waals surface area contributed by atoms with Crippen LogP contribution in [0.5, 0.6) is 0 Å². The van der Waals surface area contributed by atoms with E-state index in [-0.39, 0.29) is 0 Å². The van der Waals surface area contributed by atoms with Crippen molar-refractivity contribution in [3.8, 4) is 11.5 Å². The summed E-state index contributed by atoms with van der Waals surface area (Å²) in [6.07, 6.45) is 4.38. The van der Waals surface area contributed by atoms with Crippen LogP contribution < -0.4 is 4.80 Å². The second-order valence-corrected chi connectivity index (χ2v) is 7.40. The van der Waals surface area contributed by atoms with E-state index in [1.807, 2.05) is 30.5 Å². The van der Waals surface area contributed by atoms with Crippen LogP contribution >= 0.6 is 11.3 Å². The molecule has 0 radical (unpaired) electrons. The molecular formula is C22H21N3OS. The maximum absolute atomic E-state index is 5.64. The van der Waals surface area contributed by atoms with Crippen LogP contribution in [0.2, 0.25) is 0 Å². The lowest BCUT2D eigenvalue weighted by Crippen LogP contribution is -2.17. The van der Waals surface area contributed by atoms with Gasteiger partial charge in [0.25, 0.3) is 0 Å². The fourth-order valence-electron chi connectivity index (χ4n) is 3.15. The Labute approximate surface area is 162 Å². The van der Waals surface area contributed by atoms with Crippen molar-refractivity contribution in [2.75, 3.05) is 0 Å². The monoisotopic (exact) mass is 375 g/mol. The summed E-state index contributed by atoms with van der Waals surface area (Å²) in [6.45, 7) is 4.99. The van der Waals surface area contributed by atoms with Crippen LogP contribution in [0, 0.1) is 13.8 Å². The van der Waals surface area contributed by atoms with Gasteiger partial charge in [-0.15, -0.1) is 11.3 Å². The standard InChI is InChI=1S/C22H21N3OS/c1-16-12-17(2)14-19(13-16)24-22-25(10-8-18-6-3-4-9-23-18)20(15-27-22)21-7-5-11-26-21/h3-7,9,11-15H,8,10H2,1-2H3. The van der Waals surface area contributed by atoms with Crippen LogP contribution in [0.4, 0.5) is 5.69 Å². The normalized spacial score (nSPS) is 11.9. The van der Waals surface area contributed by atoms with E-state index in [9.17, 15) is 0 Å². The minimum absolute atomic E-state index is 0.792. The zero-order chi connectivity index (χ0) is 18.6. The Morgan fingerprint density at radius 1 is 1.07 bits per heavy atom. The summed E-state index contributed by atoms with van der Waals surface area (Å²) < 4.78 is 7.86. The Kier molecular flexibility index (Phi) is 5.03. The Hall–Kier alpha value is -2.92. The van der Waals surface area contributed by atoms with Crippen molar-refractivity contribution >= 4 is 17.0 Å². The number of hydrogen-bond donors (Lipinski definition) is 0. The van der Waals surface area contributed by atoms with E-state index in [1.165, 1.54) is 11.1 Å². The highest BCUT2D eigenvalue weighted by Gasteiger charge is 2.11. The summed E-state index contributed by atoms with van der Waals surface area (Å²) in [5.74, 6) is 0.856. The summed E-state index contributed by atoms with van der Waals surface area (Å²) in [4.78, 5) is 10.3. The van der Waals surface area contributed by atoms with Gasteiger partial charge in [0.05, 0.1) is 17.6 Å². The maximum Gasteiger partial charge on any atom is 0.190 e.